The monoisotopic (exact) mass is 362 g/mol. The van der Waals surface area contributed by atoms with Crippen molar-refractivity contribution in [3.8, 4) is 5.75 Å². The van der Waals surface area contributed by atoms with Crippen LogP contribution in [0.15, 0.2) is 63.1 Å². The third kappa shape index (κ3) is 3.80. The molecule has 0 bridgehead atoms. The number of hydrazone groups is 1. The first-order chi connectivity index (χ1) is 11.8. The van der Waals surface area contributed by atoms with Crippen molar-refractivity contribution >= 4 is 33.8 Å². The summed E-state index contributed by atoms with van der Waals surface area (Å²) in [5.74, 6) is -0.717. The molecule has 8 nitrogen and oxygen atoms in total. The molecule has 9 heteroatoms. The number of aromatic hydroxyl groups is 1. The van der Waals surface area contributed by atoms with Gasteiger partial charge in [-0.2, -0.15) is 5.10 Å². The van der Waals surface area contributed by atoms with Crippen molar-refractivity contribution in [3.63, 3.8) is 0 Å². The summed E-state index contributed by atoms with van der Waals surface area (Å²) >= 11 is 0. The summed E-state index contributed by atoms with van der Waals surface area (Å²) in [4.78, 5) is 12.1. The first-order valence-corrected chi connectivity index (χ1v) is 8.50. The predicted octanol–water partition coefficient (Wildman–Crippen LogP) is 3.48. The van der Waals surface area contributed by atoms with Gasteiger partial charge in [-0.25, -0.2) is 5.43 Å². The number of amides is 1. The number of hydrogen-bond acceptors (Lipinski definition) is 7. The number of carbonyl (C=O) groups is 1. The number of carbonyl (C=O) groups excluding carboxylic acids is 1. The molecular weight excluding hydrogens is 348 g/mol. The molecule has 1 heterocycles. The molecule has 0 aliphatic carbocycles. The highest BCUT2D eigenvalue weighted by molar-refractivity contribution is 8.19. The second-order valence-electron chi connectivity index (χ2n) is 5.09. The van der Waals surface area contributed by atoms with Crippen molar-refractivity contribution in [2.75, 3.05) is 0 Å². The van der Waals surface area contributed by atoms with Crippen LogP contribution in [-0.4, -0.2) is 30.9 Å². The summed E-state index contributed by atoms with van der Waals surface area (Å²) in [6.45, 7) is 0. The first kappa shape index (κ1) is 17.0. The number of benzene rings is 2. The maximum absolute atomic E-state index is 12.1. The maximum atomic E-state index is 12.1. The van der Waals surface area contributed by atoms with Crippen LogP contribution in [0, 0.1) is 0 Å². The minimum Gasteiger partial charge on any atom is -0.507 e. The van der Waals surface area contributed by atoms with E-state index >= 15 is 0 Å². The fourth-order valence-corrected chi connectivity index (χ4v) is 2.63. The van der Waals surface area contributed by atoms with Crippen molar-refractivity contribution in [2.24, 2.45) is 5.10 Å². The minimum absolute atomic E-state index is 0.0560. The van der Waals surface area contributed by atoms with E-state index in [9.17, 15) is 9.90 Å². The smallest absolute Gasteiger partial charge is 0.275 e. The zero-order chi connectivity index (χ0) is 18.0. The van der Waals surface area contributed by atoms with Gasteiger partial charge in [-0.15, -0.1) is 0 Å². The summed E-state index contributed by atoms with van der Waals surface area (Å²) in [7, 11) is -3.94. The zero-order valence-corrected chi connectivity index (χ0v) is 13.5. The normalized spacial score (nSPS) is 12.6. The molecule has 0 saturated heterocycles. The van der Waals surface area contributed by atoms with Gasteiger partial charge in [0.1, 0.15) is 22.4 Å². The molecule has 1 amide bonds. The van der Waals surface area contributed by atoms with Crippen LogP contribution in [0.4, 0.5) is 0 Å². The van der Waals surface area contributed by atoms with Gasteiger partial charge in [-0.05, 0) is 35.0 Å². The Morgan fingerprint density at radius 2 is 1.76 bits per heavy atom. The maximum Gasteiger partial charge on any atom is 0.275 e. The summed E-state index contributed by atoms with van der Waals surface area (Å²) < 4.78 is 32.1. The van der Waals surface area contributed by atoms with E-state index in [4.69, 9.17) is 18.1 Å². The van der Waals surface area contributed by atoms with Crippen LogP contribution < -0.4 is 5.43 Å². The molecular formula is C16H14N2O6S. The molecule has 0 spiro atoms. The second-order valence-corrected chi connectivity index (χ2v) is 6.53. The molecule has 25 heavy (non-hydrogen) atoms. The third-order valence-corrected chi connectivity index (χ3v) is 4.10. The number of furan rings is 1. The highest BCUT2D eigenvalue weighted by Crippen LogP contribution is 2.43. The number of rotatable bonds is 4. The summed E-state index contributed by atoms with van der Waals surface area (Å²) in [6.07, 6.45) is 1.12. The van der Waals surface area contributed by atoms with Gasteiger partial charge in [0.2, 0.25) is 5.09 Å². The van der Waals surface area contributed by atoms with Gasteiger partial charge in [0.15, 0.2) is 0 Å². The number of phenols is 1. The Balaban J connectivity index is 1.74. The van der Waals surface area contributed by atoms with Crippen molar-refractivity contribution < 1.29 is 28.0 Å². The second kappa shape index (κ2) is 6.57. The van der Waals surface area contributed by atoms with Gasteiger partial charge >= 0.3 is 0 Å². The van der Waals surface area contributed by atoms with E-state index in [-0.39, 0.29) is 17.1 Å². The lowest BCUT2D eigenvalue weighted by Gasteiger charge is -2.14. The van der Waals surface area contributed by atoms with Crippen LogP contribution in [0.5, 0.6) is 5.75 Å². The standard InChI is InChI=1S/C16H14N2O6S/c19-14-8-11-4-2-1-3-10(11)7-13(14)16(20)18-17-9-12-5-6-15(24-12)25(21,22)23/h1-9,19,21-23H,(H,18,20). The van der Waals surface area contributed by atoms with Crippen molar-refractivity contribution in [1.82, 2.24) is 5.43 Å². The largest absolute Gasteiger partial charge is 0.507 e. The van der Waals surface area contributed by atoms with Crippen molar-refractivity contribution in [3.05, 3.63) is 59.9 Å². The number of phenolic OH excluding ortho intramolecular Hbond substituents is 1. The molecule has 0 unspecified atom stereocenters. The Morgan fingerprint density at radius 1 is 1.08 bits per heavy atom. The molecule has 3 aromatic rings. The average Bonchev–Trinajstić information content (AvgIpc) is 3.03. The van der Waals surface area contributed by atoms with E-state index in [0.717, 1.165) is 17.0 Å². The number of hydrogen-bond donors (Lipinski definition) is 5. The van der Waals surface area contributed by atoms with E-state index in [1.807, 2.05) is 24.3 Å². The van der Waals surface area contributed by atoms with Gasteiger partial charge in [0, 0.05) is 0 Å². The van der Waals surface area contributed by atoms with E-state index in [1.165, 1.54) is 18.2 Å². The lowest BCUT2D eigenvalue weighted by molar-refractivity contribution is 0.0952. The quantitative estimate of drug-likeness (QED) is 0.356. The molecule has 0 radical (unpaired) electrons. The van der Waals surface area contributed by atoms with E-state index in [1.54, 1.807) is 6.07 Å². The highest BCUT2D eigenvalue weighted by atomic mass is 32.3. The van der Waals surface area contributed by atoms with Crippen LogP contribution in [0.2, 0.25) is 0 Å². The molecule has 0 aliphatic rings. The zero-order valence-electron chi connectivity index (χ0n) is 12.7. The summed E-state index contributed by atoms with van der Waals surface area (Å²) in [6, 6.07) is 12.8. The fraction of sp³-hybridized carbons (Fsp3) is 0. The van der Waals surface area contributed by atoms with Crippen molar-refractivity contribution in [2.45, 2.75) is 5.09 Å². The third-order valence-electron chi connectivity index (χ3n) is 3.34. The minimum atomic E-state index is -3.94. The van der Waals surface area contributed by atoms with E-state index in [2.05, 4.69) is 10.5 Å². The van der Waals surface area contributed by atoms with Crippen LogP contribution in [-0.2, 0) is 0 Å². The summed E-state index contributed by atoms with van der Waals surface area (Å²) in [5, 5.41) is 14.8. The van der Waals surface area contributed by atoms with E-state index in [0.29, 0.717) is 0 Å². The predicted molar refractivity (Wildman–Crippen MR) is 93.1 cm³/mol. The molecule has 5 N–H and O–H groups in total. The molecule has 1 aromatic heterocycles. The lowest BCUT2D eigenvalue weighted by Crippen LogP contribution is -2.17. The molecule has 3 rings (SSSR count). The SMILES string of the molecule is O=C(NN=Cc1ccc(S(O)(O)O)o1)c1cc2ccccc2cc1O. The Kier molecular flexibility index (Phi) is 4.47. The topological polar surface area (TPSA) is 136 Å². The molecule has 2 aromatic carbocycles. The Morgan fingerprint density at radius 3 is 2.40 bits per heavy atom. The molecule has 0 fully saturated rings. The van der Waals surface area contributed by atoms with Gasteiger partial charge in [0.25, 0.3) is 5.91 Å². The van der Waals surface area contributed by atoms with Crippen LogP contribution >= 0.6 is 10.9 Å². The fourth-order valence-electron chi connectivity index (χ4n) is 2.18. The van der Waals surface area contributed by atoms with Gasteiger partial charge < -0.3 is 23.2 Å². The van der Waals surface area contributed by atoms with Crippen molar-refractivity contribution in [1.29, 1.82) is 0 Å². The van der Waals surface area contributed by atoms with Gasteiger partial charge in [0.05, 0.1) is 11.8 Å². The Labute approximate surface area is 143 Å². The highest BCUT2D eigenvalue weighted by Gasteiger charge is 2.20. The molecule has 0 aliphatic heterocycles. The first-order valence-electron chi connectivity index (χ1n) is 7.00. The van der Waals surface area contributed by atoms with Gasteiger partial charge in [-0.3, -0.25) is 4.79 Å². The lowest BCUT2D eigenvalue weighted by atomic mass is 10.1. The molecule has 0 atom stereocenters. The number of fused-ring (bicyclic) bond motifs is 1. The number of nitrogens with one attached hydrogen (secondary N) is 1. The Bertz CT molecular complexity index is 961. The molecule has 0 saturated carbocycles. The average molecular weight is 362 g/mol. The van der Waals surface area contributed by atoms with Crippen LogP contribution in [0.3, 0.4) is 0 Å². The number of nitrogens with zero attached hydrogens (tertiary/aromatic N) is 1. The van der Waals surface area contributed by atoms with Crippen LogP contribution in [0.25, 0.3) is 10.8 Å². The van der Waals surface area contributed by atoms with Gasteiger partial charge in [-0.1, -0.05) is 24.3 Å². The van der Waals surface area contributed by atoms with Crippen LogP contribution in [0.1, 0.15) is 16.1 Å². The Hall–Kier alpha value is -2.85. The van der Waals surface area contributed by atoms with E-state index < -0.39 is 21.9 Å². The summed E-state index contributed by atoms with van der Waals surface area (Å²) in [5.41, 5.74) is 2.29. The molecule has 130 valence electrons.